The summed E-state index contributed by atoms with van der Waals surface area (Å²) in [6.07, 6.45) is 0.756. The zero-order valence-corrected chi connectivity index (χ0v) is 12.5. The largest absolute Gasteiger partial charge is 0.497 e. The highest BCUT2D eigenvalue weighted by Crippen LogP contribution is 2.20. The van der Waals surface area contributed by atoms with Crippen LogP contribution in [0.3, 0.4) is 0 Å². The number of nitrogens with one attached hydrogen (secondary N) is 1. The number of hydrogen-bond acceptors (Lipinski definition) is 4. The van der Waals surface area contributed by atoms with Crippen molar-refractivity contribution in [2.75, 3.05) is 7.11 Å². The summed E-state index contributed by atoms with van der Waals surface area (Å²) in [5.41, 5.74) is -1.52. The van der Waals surface area contributed by atoms with Gasteiger partial charge in [0.25, 0.3) is 0 Å². The average molecular weight is 301 g/mol. The average Bonchev–Trinajstić information content (AvgIpc) is 2.38. The number of carboxylic acid groups (broad SMARTS) is 1. The molecule has 0 saturated carbocycles. The van der Waals surface area contributed by atoms with Gasteiger partial charge < -0.3 is 9.84 Å². The fraction of sp³-hybridized carbons (Fsp3) is 0.462. The maximum absolute atomic E-state index is 12.2. The number of methoxy groups -OCH3 is 1. The van der Waals surface area contributed by atoms with Gasteiger partial charge in [-0.2, -0.15) is 4.72 Å². The predicted octanol–water partition coefficient (Wildman–Crippen LogP) is 1.62. The Kier molecular flexibility index (Phi) is 5.13. The number of sulfonamides is 1. The lowest BCUT2D eigenvalue weighted by Gasteiger charge is -2.25. The van der Waals surface area contributed by atoms with Gasteiger partial charge in [0.1, 0.15) is 11.3 Å². The van der Waals surface area contributed by atoms with Gasteiger partial charge in [-0.05, 0) is 37.6 Å². The number of carbonyl (C=O) groups is 1. The fourth-order valence-corrected chi connectivity index (χ4v) is 3.21. The summed E-state index contributed by atoms with van der Waals surface area (Å²) in [5, 5.41) is 9.21. The van der Waals surface area contributed by atoms with Gasteiger partial charge in [-0.15, -0.1) is 0 Å². The Morgan fingerprint density at radius 3 is 2.30 bits per heavy atom. The minimum absolute atomic E-state index is 0.00174. The Morgan fingerprint density at radius 1 is 1.35 bits per heavy atom. The molecule has 112 valence electrons. The van der Waals surface area contributed by atoms with E-state index < -0.39 is 21.5 Å². The van der Waals surface area contributed by atoms with Crippen LogP contribution in [-0.4, -0.2) is 32.1 Å². The van der Waals surface area contributed by atoms with Crippen LogP contribution in [0.5, 0.6) is 5.75 Å². The Balaban J connectivity index is 3.06. The molecule has 1 aromatic rings. The van der Waals surface area contributed by atoms with Gasteiger partial charge in [0.05, 0.1) is 12.0 Å². The number of ether oxygens (including phenoxy) is 1. The van der Waals surface area contributed by atoms with Crippen molar-refractivity contribution in [2.24, 2.45) is 0 Å². The van der Waals surface area contributed by atoms with Crippen LogP contribution in [0.25, 0.3) is 0 Å². The highest BCUT2D eigenvalue weighted by Gasteiger charge is 2.36. The van der Waals surface area contributed by atoms with Crippen LogP contribution in [0.2, 0.25) is 0 Å². The summed E-state index contributed by atoms with van der Waals surface area (Å²) in [6.45, 7) is 3.16. The molecule has 1 atom stereocenters. The minimum atomic E-state index is -3.90. The van der Waals surface area contributed by atoms with E-state index in [-0.39, 0.29) is 11.3 Å². The molecule has 1 rings (SSSR count). The van der Waals surface area contributed by atoms with Crippen molar-refractivity contribution >= 4 is 16.0 Å². The molecular weight excluding hydrogens is 282 g/mol. The van der Waals surface area contributed by atoms with E-state index in [1.54, 1.807) is 6.92 Å². The van der Waals surface area contributed by atoms with E-state index in [0.717, 1.165) is 0 Å². The van der Waals surface area contributed by atoms with Gasteiger partial charge in [-0.3, -0.25) is 4.79 Å². The van der Waals surface area contributed by atoms with E-state index in [1.807, 2.05) is 0 Å². The SMILES string of the molecule is CCCC(C)(NS(=O)(=O)c1ccc(OC)cc1)C(=O)O. The number of rotatable bonds is 7. The molecule has 0 fully saturated rings. The first-order valence-corrected chi connectivity index (χ1v) is 7.65. The van der Waals surface area contributed by atoms with Crippen molar-refractivity contribution in [1.82, 2.24) is 4.72 Å². The topological polar surface area (TPSA) is 92.7 Å². The highest BCUT2D eigenvalue weighted by atomic mass is 32.2. The van der Waals surface area contributed by atoms with Crippen molar-refractivity contribution in [3.63, 3.8) is 0 Å². The smallest absolute Gasteiger partial charge is 0.324 e. The second-order valence-electron chi connectivity index (χ2n) is 4.67. The van der Waals surface area contributed by atoms with Crippen LogP contribution in [0, 0.1) is 0 Å². The standard InChI is InChI=1S/C13H19NO5S/c1-4-9-13(2,12(15)16)14-20(17,18)11-7-5-10(19-3)6-8-11/h5-8,14H,4,9H2,1-3H3,(H,15,16). The van der Waals surface area contributed by atoms with Crippen LogP contribution in [0.1, 0.15) is 26.7 Å². The van der Waals surface area contributed by atoms with Crippen LogP contribution in [0.4, 0.5) is 0 Å². The molecule has 0 heterocycles. The molecule has 20 heavy (non-hydrogen) atoms. The molecule has 7 heteroatoms. The Bertz CT molecular complexity index is 567. The van der Waals surface area contributed by atoms with Gasteiger partial charge in [-0.1, -0.05) is 13.3 Å². The predicted molar refractivity (Wildman–Crippen MR) is 74.3 cm³/mol. The van der Waals surface area contributed by atoms with E-state index in [2.05, 4.69) is 4.72 Å². The second-order valence-corrected chi connectivity index (χ2v) is 6.35. The minimum Gasteiger partial charge on any atom is -0.497 e. The molecule has 0 aliphatic rings. The van der Waals surface area contributed by atoms with Gasteiger partial charge >= 0.3 is 5.97 Å². The summed E-state index contributed by atoms with van der Waals surface area (Å²) in [7, 11) is -2.42. The lowest BCUT2D eigenvalue weighted by Crippen LogP contribution is -2.51. The Hall–Kier alpha value is -1.60. The van der Waals surface area contributed by atoms with Gasteiger partial charge in [0.2, 0.25) is 10.0 Å². The van der Waals surface area contributed by atoms with Crippen molar-refractivity contribution in [1.29, 1.82) is 0 Å². The molecule has 0 aliphatic heterocycles. The van der Waals surface area contributed by atoms with E-state index in [9.17, 15) is 18.3 Å². The number of carboxylic acids is 1. The Labute approximate surface area is 118 Å². The molecule has 1 unspecified atom stereocenters. The maximum atomic E-state index is 12.2. The highest BCUT2D eigenvalue weighted by molar-refractivity contribution is 7.89. The van der Waals surface area contributed by atoms with E-state index in [1.165, 1.54) is 38.3 Å². The van der Waals surface area contributed by atoms with Crippen molar-refractivity contribution in [2.45, 2.75) is 37.1 Å². The Morgan fingerprint density at radius 2 is 1.90 bits per heavy atom. The molecule has 6 nitrogen and oxygen atoms in total. The molecule has 0 aromatic heterocycles. The summed E-state index contributed by atoms with van der Waals surface area (Å²) in [4.78, 5) is 11.3. The first-order chi connectivity index (χ1) is 9.25. The first-order valence-electron chi connectivity index (χ1n) is 6.16. The zero-order chi connectivity index (χ0) is 15.4. The lowest BCUT2D eigenvalue weighted by molar-refractivity contribution is -0.143. The molecule has 0 spiro atoms. The first kappa shape index (κ1) is 16.5. The van der Waals surface area contributed by atoms with Crippen molar-refractivity contribution in [3.05, 3.63) is 24.3 Å². The monoisotopic (exact) mass is 301 g/mol. The molecule has 1 aromatic carbocycles. The molecule has 0 bridgehead atoms. The van der Waals surface area contributed by atoms with Crippen LogP contribution < -0.4 is 9.46 Å². The summed E-state index contributed by atoms with van der Waals surface area (Å²) in [5.74, 6) is -0.671. The molecule has 0 saturated heterocycles. The van der Waals surface area contributed by atoms with Crippen molar-refractivity contribution in [3.8, 4) is 5.75 Å². The molecule has 0 radical (unpaired) electrons. The van der Waals surface area contributed by atoms with E-state index >= 15 is 0 Å². The van der Waals surface area contributed by atoms with Crippen LogP contribution in [-0.2, 0) is 14.8 Å². The number of benzene rings is 1. The second kappa shape index (κ2) is 6.23. The van der Waals surface area contributed by atoms with E-state index in [0.29, 0.717) is 12.2 Å². The lowest BCUT2D eigenvalue weighted by atomic mass is 9.98. The molecule has 0 aliphatic carbocycles. The van der Waals surface area contributed by atoms with Crippen molar-refractivity contribution < 1.29 is 23.1 Å². The molecular formula is C13H19NO5S. The molecule has 2 N–H and O–H groups in total. The normalized spacial score (nSPS) is 14.6. The van der Waals surface area contributed by atoms with Crippen LogP contribution in [0.15, 0.2) is 29.2 Å². The third-order valence-corrected chi connectivity index (χ3v) is 4.56. The quantitative estimate of drug-likeness (QED) is 0.798. The fourth-order valence-electron chi connectivity index (χ4n) is 1.81. The van der Waals surface area contributed by atoms with Gasteiger partial charge in [-0.25, -0.2) is 8.42 Å². The van der Waals surface area contributed by atoms with Gasteiger partial charge in [0.15, 0.2) is 0 Å². The summed E-state index contributed by atoms with van der Waals surface area (Å²) in [6, 6.07) is 5.75. The molecule has 0 amide bonds. The van der Waals surface area contributed by atoms with Gasteiger partial charge in [0, 0.05) is 0 Å². The van der Waals surface area contributed by atoms with Crippen LogP contribution >= 0.6 is 0 Å². The third kappa shape index (κ3) is 3.71. The third-order valence-electron chi connectivity index (χ3n) is 2.95. The van der Waals surface area contributed by atoms with E-state index in [4.69, 9.17) is 4.74 Å². The maximum Gasteiger partial charge on any atom is 0.324 e. The summed E-state index contributed by atoms with van der Waals surface area (Å²) < 4.78 is 31.6. The number of aliphatic carboxylic acids is 1. The zero-order valence-electron chi connectivity index (χ0n) is 11.7. The number of hydrogen-bond donors (Lipinski definition) is 2. The summed E-state index contributed by atoms with van der Waals surface area (Å²) >= 11 is 0.